The molecular formula is C74H68N4. The van der Waals surface area contributed by atoms with Gasteiger partial charge in [0.2, 0.25) is 0 Å². The Kier molecular flexibility index (Phi) is 22.1. The van der Waals surface area contributed by atoms with Crippen molar-refractivity contribution in [3.05, 3.63) is 337 Å². The molecule has 0 unspecified atom stereocenters. The lowest BCUT2D eigenvalue weighted by Gasteiger charge is -2.01. The molecule has 384 valence electrons. The fraction of sp³-hybridized carbons (Fsp3) is 0.0811. The highest BCUT2D eigenvalue weighted by Gasteiger charge is 2.00. The highest BCUT2D eigenvalue weighted by atomic mass is 14.7. The Morgan fingerprint density at radius 3 is 0.962 bits per heavy atom. The standard InChI is InChI=1S/2C13H12.4C12H11N/c1-11-6-5-9-13(10-11)12-7-3-2-4-8-12;1-11-7-9-13(10-8-11)12-5-3-2-4-6-12;1-10-2-4-11(5-3-10)12-6-8-13-9-7-12;1-10-4-6-11(7-5-10)12-3-2-8-13-9-12;1-10-5-4-6-11(9-10)12-7-2-3-8-13-12;1-10-5-7-11(8-6-10)12-4-2-3-9-13-12/h2*2-10H,1H3;4*2-9H,1H3. The smallest absolute Gasteiger partial charge is 0.0702 e. The molecule has 0 fully saturated rings. The van der Waals surface area contributed by atoms with Crippen LogP contribution in [0.1, 0.15) is 33.4 Å². The molecule has 0 saturated carbocycles. The Morgan fingerprint density at radius 2 is 0.538 bits per heavy atom. The van der Waals surface area contributed by atoms with Gasteiger partial charge in [0.05, 0.1) is 11.4 Å². The monoisotopic (exact) mass is 1010 g/mol. The Morgan fingerprint density at radius 1 is 0.192 bits per heavy atom. The molecule has 0 N–H and O–H groups in total. The SMILES string of the molecule is Cc1ccc(-c2ccccc2)cc1.Cc1ccc(-c2ccccn2)cc1.Cc1ccc(-c2cccnc2)cc1.Cc1ccc(-c2ccncc2)cc1.Cc1cccc(-c2ccccc2)c1.Cc1cccc(-c2ccccn2)c1. The summed E-state index contributed by atoms with van der Waals surface area (Å²) >= 11 is 0. The van der Waals surface area contributed by atoms with E-state index < -0.39 is 0 Å². The summed E-state index contributed by atoms with van der Waals surface area (Å²) in [5, 5.41) is 0. The largest absolute Gasteiger partial charge is 0.265 e. The molecule has 0 bridgehead atoms. The van der Waals surface area contributed by atoms with E-state index in [4.69, 9.17) is 0 Å². The molecule has 0 spiro atoms. The lowest BCUT2D eigenvalue weighted by molar-refractivity contribution is 1.32. The topological polar surface area (TPSA) is 51.6 Å². The number of hydrogen-bond acceptors (Lipinski definition) is 4. The molecule has 12 rings (SSSR count). The first-order valence-electron chi connectivity index (χ1n) is 26.3. The molecule has 0 aliphatic rings. The predicted molar refractivity (Wildman–Crippen MR) is 331 cm³/mol. The summed E-state index contributed by atoms with van der Waals surface area (Å²) in [4.78, 5) is 16.6. The molecule has 4 nitrogen and oxygen atoms in total. The second-order valence-corrected chi connectivity index (χ2v) is 18.8. The van der Waals surface area contributed by atoms with Crippen molar-refractivity contribution in [2.45, 2.75) is 41.5 Å². The molecule has 8 aromatic carbocycles. The fourth-order valence-corrected chi connectivity index (χ4v) is 8.00. The number of aryl methyl sites for hydroxylation is 6. The third-order valence-corrected chi connectivity index (χ3v) is 12.4. The Labute approximate surface area is 463 Å². The van der Waals surface area contributed by atoms with Gasteiger partial charge in [-0.15, -0.1) is 0 Å². The lowest BCUT2D eigenvalue weighted by Crippen LogP contribution is -1.81. The van der Waals surface area contributed by atoms with E-state index in [2.05, 4.69) is 262 Å². The number of pyridine rings is 4. The first-order valence-corrected chi connectivity index (χ1v) is 26.3. The molecule has 78 heavy (non-hydrogen) atoms. The van der Waals surface area contributed by atoms with Crippen molar-refractivity contribution in [3.8, 4) is 67.0 Å². The first-order chi connectivity index (χ1) is 38.2. The van der Waals surface area contributed by atoms with Crippen LogP contribution >= 0.6 is 0 Å². The maximum atomic E-state index is 4.29. The van der Waals surface area contributed by atoms with Crippen LogP contribution in [-0.4, -0.2) is 19.9 Å². The van der Waals surface area contributed by atoms with Gasteiger partial charge in [-0.3, -0.25) is 19.9 Å². The van der Waals surface area contributed by atoms with Gasteiger partial charge in [-0.1, -0.05) is 252 Å². The molecular weight excluding hydrogens is 945 g/mol. The molecule has 4 aromatic heterocycles. The second kappa shape index (κ2) is 30.7. The summed E-state index contributed by atoms with van der Waals surface area (Å²) in [7, 11) is 0. The third-order valence-electron chi connectivity index (χ3n) is 12.4. The average molecular weight is 1010 g/mol. The Balaban J connectivity index is 0.000000136. The molecule has 4 heteroatoms. The van der Waals surface area contributed by atoms with Gasteiger partial charge in [0.1, 0.15) is 0 Å². The van der Waals surface area contributed by atoms with Gasteiger partial charge in [-0.25, -0.2) is 0 Å². The second-order valence-electron chi connectivity index (χ2n) is 18.8. The van der Waals surface area contributed by atoms with E-state index in [1.165, 1.54) is 89.0 Å². The summed E-state index contributed by atoms with van der Waals surface area (Å²) in [6.07, 6.45) is 10.9. The zero-order chi connectivity index (χ0) is 54.6. The number of hydrogen-bond donors (Lipinski definition) is 0. The minimum atomic E-state index is 1.03. The normalized spacial score (nSPS) is 9.92. The first kappa shape index (κ1) is 56.1. The van der Waals surface area contributed by atoms with Crippen molar-refractivity contribution in [2.24, 2.45) is 0 Å². The minimum Gasteiger partial charge on any atom is -0.265 e. The molecule has 0 atom stereocenters. The van der Waals surface area contributed by atoms with Crippen LogP contribution in [0.2, 0.25) is 0 Å². The Hall–Kier alpha value is -9.64. The highest BCUT2D eigenvalue weighted by molar-refractivity contribution is 5.66. The van der Waals surface area contributed by atoms with E-state index in [0.717, 1.165) is 11.4 Å². The van der Waals surface area contributed by atoms with E-state index in [1.807, 2.05) is 97.7 Å². The highest BCUT2D eigenvalue weighted by Crippen LogP contribution is 2.23. The van der Waals surface area contributed by atoms with E-state index in [0.29, 0.717) is 0 Å². The van der Waals surface area contributed by atoms with E-state index >= 15 is 0 Å². The van der Waals surface area contributed by atoms with Crippen LogP contribution in [-0.2, 0) is 0 Å². The number of aromatic nitrogens is 4. The zero-order valence-electron chi connectivity index (χ0n) is 45.7. The molecule has 0 saturated heterocycles. The maximum absolute atomic E-state index is 4.29. The predicted octanol–water partition coefficient (Wildman–Crippen LogP) is 19.6. The van der Waals surface area contributed by atoms with Gasteiger partial charge in [0, 0.05) is 48.3 Å². The number of nitrogens with zero attached hydrogens (tertiary/aromatic N) is 4. The van der Waals surface area contributed by atoms with Gasteiger partial charge in [0.15, 0.2) is 0 Å². The molecule has 0 aliphatic heterocycles. The summed E-state index contributed by atoms with van der Waals surface area (Å²) in [6, 6.07) is 91.7. The van der Waals surface area contributed by atoms with Crippen LogP contribution < -0.4 is 0 Å². The summed E-state index contributed by atoms with van der Waals surface area (Å²) < 4.78 is 0. The third kappa shape index (κ3) is 18.9. The average Bonchev–Trinajstić information content (AvgIpc) is 3.50. The quantitative estimate of drug-likeness (QED) is 0.167. The Bertz CT molecular complexity index is 3130. The van der Waals surface area contributed by atoms with Crippen molar-refractivity contribution >= 4 is 0 Å². The van der Waals surface area contributed by atoms with Crippen LogP contribution in [0.4, 0.5) is 0 Å². The van der Waals surface area contributed by atoms with Crippen LogP contribution in [0, 0.1) is 41.5 Å². The fourth-order valence-electron chi connectivity index (χ4n) is 8.00. The van der Waals surface area contributed by atoms with E-state index in [1.54, 1.807) is 6.20 Å². The lowest BCUT2D eigenvalue weighted by atomic mass is 10.0. The molecule has 0 aliphatic carbocycles. The van der Waals surface area contributed by atoms with Crippen LogP contribution in [0.3, 0.4) is 0 Å². The van der Waals surface area contributed by atoms with Crippen LogP contribution in [0.25, 0.3) is 67.0 Å². The molecule has 0 radical (unpaired) electrons. The van der Waals surface area contributed by atoms with Gasteiger partial charge in [0.25, 0.3) is 0 Å². The summed E-state index contributed by atoms with van der Waals surface area (Å²) in [6.45, 7) is 12.6. The van der Waals surface area contributed by atoms with Crippen molar-refractivity contribution in [2.75, 3.05) is 0 Å². The minimum absolute atomic E-state index is 1.03. The molecule has 0 amide bonds. The van der Waals surface area contributed by atoms with Crippen molar-refractivity contribution in [1.29, 1.82) is 0 Å². The van der Waals surface area contributed by atoms with Crippen molar-refractivity contribution in [1.82, 2.24) is 19.9 Å². The summed E-state index contributed by atoms with van der Waals surface area (Å²) in [5.41, 5.74) is 22.1. The van der Waals surface area contributed by atoms with Gasteiger partial charge < -0.3 is 0 Å². The summed E-state index contributed by atoms with van der Waals surface area (Å²) in [5.74, 6) is 0. The van der Waals surface area contributed by atoms with Crippen LogP contribution in [0.15, 0.2) is 304 Å². The van der Waals surface area contributed by atoms with E-state index in [9.17, 15) is 0 Å². The maximum Gasteiger partial charge on any atom is 0.0702 e. The van der Waals surface area contributed by atoms with Crippen molar-refractivity contribution < 1.29 is 0 Å². The van der Waals surface area contributed by atoms with Gasteiger partial charge in [-0.05, 0) is 135 Å². The van der Waals surface area contributed by atoms with Gasteiger partial charge in [-0.2, -0.15) is 0 Å². The van der Waals surface area contributed by atoms with Crippen LogP contribution in [0.5, 0.6) is 0 Å². The van der Waals surface area contributed by atoms with E-state index in [-0.39, 0.29) is 0 Å². The molecule has 4 heterocycles. The zero-order valence-corrected chi connectivity index (χ0v) is 45.7. The molecule has 12 aromatic rings. The van der Waals surface area contributed by atoms with Crippen molar-refractivity contribution in [3.63, 3.8) is 0 Å². The number of rotatable bonds is 6. The van der Waals surface area contributed by atoms with Gasteiger partial charge >= 0.3 is 0 Å². The number of benzene rings is 8.